The summed E-state index contributed by atoms with van der Waals surface area (Å²) in [6, 6.07) is 4.30. The van der Waals surface area contributed by atoms with Gasteiger partial charge in [-0.25, -0.2) is 14.4 Å². The molecule has 0 radical (unpaired) electrons. The number of hydrogen-bond donors (Lipinski definition) is 2. The van der Waals surface area contributed by atoms with Crippen LogP contribution in [0, 0.1) is 5.82 Å². The number of carbonyl (C=O) groups is 1. The average Bonchev–Trinajstić information content (AvgIpc) is 3.14. The van der Waals surface area contributed by atoms with Crippen molar-refractivity contribution in [3.8, 4) is 0 Å². The molecule has 0 saturated carbocycles. The molecule has 7 nitrogen and oxygen atoms in total. The Labute approximate surface area is 146 Å². The predicted octanol–water partition coefficient (Wildman–Crippen LogP) is 2.05. The first-order chi connectivity index (χ1) is 12.0. The zero-order valence-electron chi connectivity index (χ0n) is 13.2. The van der Waals surface area contributed by atoms with E-state index < -0.39 is 6.23 Å². The molecule has 3 heterocycles. The standard InChI is InChI=1S/C16H14FN5O2S/c1-21-14(24)5-4-11-15(21)18-8-22(11)7-13(23)20-16-19-10-3-2-9(17)6-12(10)25-16/h2-6,8,14,24H,7H2,1H3,(H,19,20,23). The van der Waals surface area contributed by atoms with Crippen molar-refractivity contribution in [2.45, 2.75) is 12.8 Å². The highest BCUT2D eigenvalue weighted by atomic mass is 32.1. The average molecular weight is 359 g/mol. The molecule has 1 atom stereocenters. The molecule has 1 unspecified atom stereocenters. The SMILES string of the molecule is CN1c2ncn(CC(=O)Nc3nc4ccc(F)cc4s3)c2C=CC1O. The quantitative estimate of drug-likeness (QED) is 0.748. The highest BCUT2D eigenvalue weighted by Gasteiger charge is 2.22. The molecule has 0 saturated heterocycles. The first-order valence-electron chi connectivity index (χ1n) is 7.51. The minimum absolute atomic E-state index is 0.0564. The van der Waals surface area contributed by atoms with E-state index in [-0.39, 0.29) is 18.3 Å². The van der Waals surface area contributed by atoms with Gasteiger partial charge in [-0.1, -0.05) is 11.3 Å². The van der Waals surface area contributed by atoms with Gasteiger partial charge in [-0.05, 0) is 30.4 Å². The summed E-state index contributed by atoms with van der Waals surface area (Å²) in [5.74, 6) is 0.0114. The molecular weight excluding hydrogens is 345 g/mol. The molecule has 0 fully saturated rings. The molecule has 1 aliphatic rings. The summed E-state index contributed by atoms with van der Waals surface area (Å²) in [5.41, 5.74) is 1.38. The summed E-state index contributed by atoms with van der Waals surface area (Å²) in [6.07, 6.45) is 4.19. The van der Waals surface area contributed by atoms with Crippen LogP contribution in [0.4, 0.5) is 15.3 Å². The van der Waals surface area contributed by atoms with Gasteiger partial charge in [0, 0.05) is 7.05 Å². The Hall–Kier alpha value is -2.78. The lowest BCUT2D eigenvalue weighted by Crippen LogP contribution is -2.32. The fraction of sp³-hybridized carbons (Fsp3) is 0.188. The zero-order chi connectivity index (χ0) is 17.6. The molecule has 1 aliphatic heterocycles. The smallest absolute Gasteiger partial charge is 0.246 e. The van der Waals surface area contributed by atoms with Crippen molar-refractivity contribution < 1.29 is 14.3 Å². The number of nitrogens with zero attached hydrogens (tertiary/aromatic N) is 4. The van der Waals surface area contributed by atoms with Gasteiger partial charge in [-0.15, -0.1) is 0 Å². The number of anilines is 2. The van der Waals surface area contributed by atoms with Crippen LogP contribution in [0.2, 0.25) is 0 Å². The molecule has 3 aromatic rings. The minimum Gasteiger partial charge on any atom is -0.370 e. The van der Waals surface area contributed by atoms with E-state index >= 15 is 0 Å². The maximum atomic E-state index is 13.2. The molecule has 0 aliphatic carbocycles. The van der Waals surface area contributed by atoms with Crippen molar-refractivity contribution in [2.75, 3.05) is 17.3 Å². The second kappa shape index (κ2) is 5.94. The first-order valence-corrected chi connectivity index (χ1v) is 8.33. The molecule has 9 heteroatoms. The molecule has 0 spiro atoms. The van der Waals surface area contributed by atoms with Crippen LogP contribution in [0.1, 0.15) is 5.69 Å². The van der Waals surface area contributed by atoms with Crippen LogP contribution < -0.4 is 10.2 Å². The van der Waals surface area contributed by atoms with Crippen molar-refractivity contribution in [1.82, 2.24) is 14.5 Å². The third-order valence-electron chi connectivity index (χ3n) is 3.93. The number of benzene rings is 1. The molecule has 4 rings (SSSR count). The lowest BCUT2D eigenvalue weighted by molar-refractivity contribution is -0.116. The van der Waals surface area contributed by atoms with Gasteiger partial charge in [-0.3, -0.25) is 4.79 Å². The van der Waals surface area contributed by atoms with Crippen LogP contribution in [0.3, 0.4) is 0 Å². The minimum atomic E-state index is -0.729. The number of amides is 1. The number of nitrogens with one attached hydrogen (secondary N) is 1. The molecule has 1 aromatic carbocycles. The summed E-state index contributed by atoms with van der Waals surface area (Å²) in [6.45, 7) is 0.0564. The summed E-state index contributed by atoms with van der Waals surface area (Å²) in [5, 5.41) is 12.9. The van der Waals surface area contributed by atoms with E-state index in [9.17, 15) is 14.3 Å². The summed E-state index contributed by atoms with van der Waals surface area (Å²) in [4.78, 5) is 22.4. The highest BCUT2D eigenvalue weighted by Crippen LogP contribution is 2.27. The molecule has 2 N–H and O–H groups in total. The molecule has 2 aromatic heterocycles. The van der Waals surface area contributed by atoms with Crippen molar-refractivity contribution in [2.24, 2.45) is 0 Å². The van der Waals surface area contributed by atoms with Crippen LogP contribution >= 0.6 is 11.3 Å². The number of aromatic nitrogens is 3. The van der Waals surface area contributed by atoms with E-state index in [0.717, 1.165) is 5.69 Å². The number of halogens is 1. The van der Waals surface area contributed by atoms with Gasteiger partial charge in [0.05, 0.1) is 22.2 Å². The number of aliphatic hydroxyl groups excluding tert-OH is 1. The van der Waals surface area contributed by atoms with E-state index in [4.69, 9.17) is 0 Å². The zero-order valence-corrected chi connectivity index (χ0v) is 14.0. The van der Waals surface area contributed by atoms with Crippen LogP contribution in [-0.4, -0.2) is 38.8 Å². The summed E-state index contributed by atoms with van der Waals surface area (Å²) in [7, 11) is 1.73. The van der Waals surface area contributed by atoms with Gasteiger partial charge in [0.15, 0.2) is 10.9 Å². The fourth-order valence-electron chi connectivity index (χ4n) is 2.65. The Morgan fingerprint density at radius 3 is 3.16 bits per heavy atom. The lowest BCUT2D eigenvalue weighted by Gasteiger charge is -2.25. The molecular formula is C16H14FN5O2S. The van der Waals surface area contributed by atoms with E-state index in [1.165, 1.54) is 23.5 Å². The highest BCUT2D eigenvalue weighted by molar-refractivity contribution is 7.22. The Kier molecular flexibility index (Phi) is 3.74. The number of thiazole rings is 1. The fourth-order valence-corrected chi connectivity index (χ4v) is 3.55. The van der Waals surface area contributed by atoms with E-state index in [2.05, 4.69) is 15.3 Å². The number of imidazole rings is 1. The topological polar surface area (TPSA) is 83.3 Å². The predicted molar refractivity (Wildman–Crippen MR) is 93.9 cm³/mol. The lowest BCUT2D eigenvalue weighted by atomic mass is 10.2. The van der Waals surface area contributed by atoms with Crippen molar-refractivity contribution in [3.05, 3.63) is 42.1 Å². The van der Waals surface area contributed by atoms with Crippen LogP contribution in [-0.2, 0) is 11.3 Å². The third kappa shape index (κ3) is 2.87. The molecule has 0 bridgehead atoms. The van der Waals surface area contributed by atoms with E-state index in [0.29, 0.717) is 21.2 Å². The Morgan fingerprint density at radius 2 is 2.32 bits per heavy atom. The number of fused-ring (bicyclic) bond motifs is 2. The second-order valence-corrected chi connectivity index (χ2v) is 6.67. The van der Waals surface area contributed by atoms with Gasteiger partial charge in [0.1, 0.15) is 18.6 Å². The van der Waals surface area contributed by atoms with Gasteiger partial charge in [0.2, 0.25) is 5.91 Å². The molecule has 128 valence electrons. The van der Waals surface area contributed by atoms with E-state index in [1.54, 1.807) is 41.1 Å². The van der Waals surface area contributed by atoms with Crippen LogP contribution in [0.5, 0.6) is 0 Å². The van der Waals surface area contributed by atoms with Gasteiger partial charge >= 0.3 is 0 Å². The number of hydrogen-bond acceptors (Lipinski definition) is 6. The Bertz CT molecular complexity index is 996. The first kappa shape index (κ1) is 15.7. The maximum Gasteiger partial charge on any atom is 0.246 e. The van der Waals surface area contributed by atoms with Gasteiger partial charge in [0.25, 0.3) is 0 Å². The van der Waals surface area contributed by atoms with Crippen molar-refractivity contribution in [1.29, 1.82) is 0 Å². The van der Waals surface area contributed by atoms with Crippen molar-refractivity contribution in [3.63, 3.8) is 0 Å². The van der Waals surface area contributed by atoms with Crippen molar-refractivity contribution >= 4 is 44.5 Å². The number of rotatable bonds is 3. The third-order valence-corrected chi connectivity index (χ3v) is 4.86. The molecule has 1 amide bonds. The Balaban J connectivity index is 1.51. The number of carbonyl (C=O) groups excluding carboxylic acids is 1. The van der Waals surface area contributed by atoms with Crippen LogP contribution in [0.25, 0.3) is 16.3 Å². The van der Waals surface area contributed by atoms with E-state index in [1.807, 2.05) is 0 Å². The number of aliphatic hydroxyl groups is 1. The molecule has 25 heavy (non-hydrogen) atoms. The normalized spacial score (nSPS) is 16.3. The van der Waals surface area contributed by atoms with Gasteiger partial charge in [-0.2, -0.15) is 0 Å². The summed E-state index contributed by atoms with van der Waals surface area (Å²) < 4.78 is 15.6. The largest absolute Gasteiger partial charge is 0.370 e. The summed E-state index contributed by atoms with van der Waals surface area (Å²) >= 11 is 1.22. The van der Waals surface area contributed by atoms with Crippen LogP contribution in [0.15, 0.2) is 30.6 Å². The monoisotopic (exact) mass is 359 g/mol. The number of likely N-dealkylation sites (N-methyl/N-ethyl adjacent to an activating group) is 1. The second-order valence-electron chi connectivity index (χ2n) is 5.64. The Morgan fingerprint density at radius 1 is 1.48 bits per heavy atom. The van der Waals surface area contributed by atoms with Gasteiger partial charge < -0.3 is 19.9 Å². The maximum absolute atomic E-state index is 13.2.